The predicted molar refractivity (Wildman–Crippen MR) is 72.7 cm³/mol. The first kappa shape index (κ1) is 12.1. The molecule has 88 valence electrons. The summed E-state index contributed by atoms with van der Waals surface area (Å²) in [6, 6.07) is 9.55. The molecule has 0 aliphatic heterocycles. The van der Waals surface area contributed by atoms with Crippen molar-refractivity contribution in [3.8, 4) is 0 Å². The molecule has 2 rings (SSSR count). The second-order valence-corrected chi connectivity index (χ2v) is 5.75. The van der Waals surface area contributed by atoms with Crippen LogP contribution in [0.3, 0.4) is 0 Å². The van der Waals surface area contributed by atoms with Gasteiger partial charge in [0.2, 0.25) is 0 Å². The largest absolute Gasteiger partial charge is 0.317 e. The number of nitrogens with one attached hydrogen (secondary N) is 1. The van der Waals surface area contributed by atoms with E-state index in [2.05, 4.69) is 52.6 Å². The molecule has 0 spiro atoms. The van der Waals surface area contributed by atoms with Crippen LogP contribution in [0.15, 0.2) is 28.7 Å². The SMILES string of the molecule is CNC1CCC(Cc2ccc(Br)cc2)CC1. The molecule has 1 saturated carbocycles. The Labute approximate surface area is 107 Å². The molecule has 1 aliphatic carbocycles. The van der Waals surface area contributed by atoms with Gasteiger partial charge in [0.15, 0.2) is 0 Å². The number of hydrogen-bond donors (Lipinski definition) is 1. The van der Waals surface area contributed by atoms with Crippen molar-refractivity contribution in [3.05, 3.63) is 34.3 Å². The Bertz CT molecular complexity index is 312. The zero-order valence-electron chi connectivity index (χ0n) is 9.88. The van der Waals surface area contributed by atoms with E-state index in [-0.39, 0.29) is 0 Å². The summed E-state index contributed by atoms with van der Waals surface area (Å²) < 4.78 is 1.18. The van der Waals surface area contributed by atoms with E-state index in [9.17, 15) is 0 Å². The summed E-state index contributed by atoms with van der Waals surface area (Å²) >= 11 is 3.48. The second-order valence-electron chi connectivity index (χ2n) is 4.84. The molecule has 1 nitrogen and oxygen atoms in total. The predicted octanol–water partition coefficient (Wildman–Crippen LogP) is 3.77. The monoisotopic (exact) mass is 281 g/mol. The second kappa shape index (κ2) is 5.83. The van der Waals surface area contributed by atoms with E-state index in [0.717, 1.165) is 12.0 Å². The first-order valence-electron chi connectivity index (χ1n) is 6.19. The highest BCUT2D eigenvalue weighted by Crippen LogP contribution is 2.27. The molecule has 0 radical (unpaired) electrons. The summed E-state index contributed by atoms with van der Waals surface area (Å²) in [5.74, 6) is 0.894. The van der Waals surface area contributed by atoms with Crippen LogP contribution in [0.25, 0.3) is 0 Å². The molecule has 1 N–H and O–H groups in total. The molecule has 0 aromatic heterocycles. The minimum Gasteiger partial charge on any atom is -0.317 e. The normalized spacial score (nSPS) is 25.6. The molecule has 0 bridgehead atoms. The van der Waals surface area contributed by atoms with E-state index in [1.807, 2.05) is 0 Å². The van der Waals surface area contributed by atoms with Crippen LogP contribution >= 0.6 is 15.9 Å². The first-order valence-corrected chi connectivity index (χ1v) is 6.99. The van der Waals surface area contributed by atoms with Gasteiger partial charge in [-0.2, -0.15) is 0 Å². The molecule has 0 unspecified atom stereocenters. The van der Waals surface area contributed by atoms with Gasteiger partial charge in [-0.25, -0.2) is 0 Å². The lowest BCUT2D eigenvalue weighted by Crippen LogP contribution is -2.30. The summed E-state index contributed by atoms with van der Waals surface area (Å²) in [4.78, 5) is 0. The third-order valence-electron chi connectivity index (χ3n) is 3.69. The van der Waals surface area contributed by atoms with Crippen molar-refractivity contribution in [2.45, 2.75) is 38.1 Å². The van der Waals surface area contributed by atoms with E-state index in [4.69, 9.17) is 0 Å². The molecular weight excluding hydrogens is 262 g/mol. The highest BCUT2D eigenvalue weighted by molar-refractivity contribution is 9.10. The average molecular weight is 282 g/mol. The highest BCUT2D eigenvalue weighted by Gasteiger charge is 2.19. The molecular formula is C14H20BrN. The highest BCUT2D eigenvalue weighted by atomic mass is 79.9. The third kappa shape index (κ3) is 3.33. The first-order chi connectivity index (χ1) is 7.78. The maximum absolute atomic E-state index is 3.48. The van der Waals surface area contributed by atoms with Crippen LogP contribution in [0.5, 0.6) is 0 Å². The summed E-state index contributed by atoms with van der Waals surface area (Å²) in [7, 11) is 2.08. The Balaban J connectivity index is 1.84. The lowest BCUT2D eigenvalue weighted by Gasteiger charge is -2.28. The van der Waals surface area contributed by atoms with E-state index < -0.39 is 0 Å². The molecule has 1 fully saturated rings. The topological polar surface area (TPSA) is 12.0 Å². The van der Waals surface area contributed by atoms with Crippen LogP contribution < -0.4 is 5.32 Å². The molecule has 2 heteroatoms. The van der Waals surface area contributed by atoms with Crippen LogP contribution in [-0.4, -0.2) is 13.1 Å². The lowest BCUT2D eigenvalue weighted by molar-refractivity contribution is 0.300. The molecule has 0 heterocycles. The van der Waals surface area contributed by atoms with Crippen LogP contribution in [0.2, 0.25) is 0 Å². The van der Waals surface area contributed by atoms with Gasteiger partial charge in [-0.15, -0.1) is 0 Å². The average Bonchev–Trinajstić information content (AvgIpc) is 2.33. The lowest BCUT2D eigenvalue weighted by atomic mass is 9.82. The van der Waals surface area contributed by atoms with Gasteiger partial charge in [-0.05, 0) is 62.8 Å². The minimum atomic E-state index is 0.765. The summed E-state index contributed by atoms with van der Waals surface area (Å²) in [5.41, 5.74) is 1.48. The summed E-state index contributed by atoms with van der Waals surface area (Å²) in [6.45, 7) is 0. The third-order valence-corrected chi connectivity index (χ3v) is 4.22. The zero-order chi connectivity index (χ0) is 11.4. The van der Waals surface area contributed by atoms with Crippen molar-refractivity contribution in [1.29, 1.82) is 0 Å². The van der Waals surface area contributed by atoms with Gasteiger partial charge < -0.3 is 5.32 Å². The molecule has 0 saturated heterocycles. The Morgan fingerprint density at radius 3 is 2.31 bits per heavy atom. The number of halogens is 1. The fraction of sp³-hybridized carbons (Fsp3) is 0.571. The Kier molecular flexibility index (Phi) is 4.42. The molecule has 1 aliphatic rings. The maximum atomic E-state index is 3.48. The fourth-order valence-corrected chi connectivity index (χ4v) is 2.87. The van der Waals surface area contributed by atoms with Gasteiger partial charge in [0.1, 0.15) is 0 Å². The van der Waals surface area contributed by atoms with Gasteiger partial charge in [0, 0.05) is 10.5 Å². The smallest absolute Gasteiger partial charge is 0.0175 e. The summed E-state index contributed by atoms with van der Waals surface area (Å²) in [6.07, 6.45) is 6.70. The van der Waals surface area contributed by atoms with Crippen molar-refractivity contribution in [1.82, 2.24) is 5.32 Å². The number of benzene rings is 1. The Morgan fingerprint density at radius 2 is 1.75 bits per heavy atom. The van der Waals surface area contributed by atoms with Crippen LogP contribution in [0.1, 0.15) is 31.2 Å². The van der Waals surface area contributed by atoms with Crippen molar-refractivity contribution in [3.63, 3.8) is 0 Å². The van der Waals surface area contributed by atoms with Gasteiger partial charge >= 0.3 is 0 Å². The summed E-state index contributed by atoms with van der Waals surface area (Å²) in [5, 5.41) is 3.39. The fourth-order valence-electron chi connectivity index (χ4n) is 2.61. The van der Waals surface area contributed by atoms with Crippen molar-refractivity contribution < 1.29 is 0 Å². The quantitative estimate of drug-likeness (QED) is 0.890. The van der Waals surface area contributed by atoms with Crippen molar-refractivity contribution in [2.24, 2.45) is 5.92 Å². The van der Waals surface area contributed by atoms with E-state index in [0.29, 0.717) is 0 Å². The Hall–Kier alpha value is -0.340. The molecule has 16 heavy (non-hydrogen) atoms. The van der Waals surface area contributed by atoms with Crippen LogP contribution in [0.4, 0.5) is 0 Å². The number of hydrogen-bond acceptors (Lipinski definition) is 1. The van der Waals surface area contributed by atoms with E-state index >= 15 is 0 Å². The molecule has 1 aromatic rings. The zero-order valence-corrected chi connectivity index (χ0v) is 11.5. The molecule has 0 amide bonds. The number of rotatable bonds is 3. The van der Waals surface area contributed by atoms with Gasteiger partial charge in [-0.1, -0.05) is 28.1 Å². The van der Waals surface area contributed by atoms with Gasteiger partial charge in [-0.3, -0.25) is 0 Å². The van der Waals surface area contributed by atoms with E-state index in [1.54, 1.807) is 0 Å². The van der Waals surface area contributed by atoms with E-state index in [1.165, 1.54) is 42.1 Å². The standard InChI is InChI=1S/C14H20BrN/c1-16-14-8-4-12(5-9-14)10-11-2-6-13(15)7-3-11/h2-3,6-7,12,14,16H,4-5,8-10H2,1H3. The molecule has 0 atom stereocenters. The molecule has 1 aromatic carbocycles. The van der Waals surface area contributed by atoms with Crippen LogP contribution in [-0.2, 0) is 6.42 Å². The van der Waals surface area contributed by atoms with Crippen molar-refractivity contribution >= 4 is 15.9 Å². The van der Waals surface area contributed by atoms with Gasteiger partial charge in [0.05, 0.1) is 0 Å². The minimum absolute atomic E-state index is 0.765. The van der Waals surface area contributed by atoms with Crippen molar-refractivity contribution in [2.75, 3.05) is 7.05 Å². The van der Waals surface area contributed by atoms with Gasteiger partial charge in [0.25, 0.3) is 0 Å². The Morgan fingerprint density at radius 1 is 1.12 bits per heavy atom. The van der Waals surface area contributed by atoms with Crippen LogP contribution in [0, 0.1) is 5.92 Å². The maximum Gasteiger partial charge on any atom is 0.0175 e.